The molecule has 7 nitrogen and oxygen atoms in total. The van der Waals surface area contributed by atoms with Gasteiger partial charge in [-0.2, -0.15) is 0 Å². The standard InChI is InChI=1S/C33H39N3O4/c1-33(23-25-18-20-28(40-2)21-19-25,35-31(38)26-14-8-4-9-15-26)32(39)36(27-16-10-5-11-17-27)29(30(34)37)22-24-12-6-3-7-13-24/h3-4,6-9,12-15,18-21,27,29H,5,10-11,16-17,22-23H2,1-2H3,(H2,34,37)(H,35,38)/t29-,33+/m0/s1. The third-order valence-electron chi connectivity index (χ3n) is 7.75. The van der Waals surface area contributed by atoms with E-state index >= 15 is 0 Å². The van der Waals surface area contributed by atoms with Crippen molar-refractivity contribution in [2.75, 3.05) is 7.11 Å². The maximum Gasteiger partial charge on any atom is 0.252 e. The van der Waals surface area contributed by atoms with E-state index < -0.39 is 17.5 Å². The molecule has 1 saturated carbocycles. The normalized spacial score (nSPS) is 15.8. The molecule has 3 aromatic carbocycles. The van der Waals surface area contributed by atoms with Crippen molar-refractivity contribution in [3.63, 3.8) is 0 Å². The molecule has 0 bridgehead atoms. The van der Waals surface area contributed by atoms with E-state index in [2.05, 4.69) is 5.32 Å². The molecule has 3 N–H and O–H groups in total. The number of nitrogens with two attached hydrogens (primary N) is 1. The Morgan fingerprint density at radius 3 is 2.08 bits per heavy atom. The van der Waals surface area contributed by atoms with Crippen molar-refractivity contribution in [3.8, 4) is 5.75 Å². The van der Waals surface area contributed by atoms with E-state index in [0.29, 0.717) is 17.7 Å². The van der Waals surface area contributed by atoms with Crippen molar-refractivity contribution >= 4 is 17.7 Å². The fraction of sp³-hybridized carbons (Fsp3) is 0.364. The molecule has 0 aliphatic heterocycles. The van der Waals surface area contributed by atoms with E-state index in [1.165, 1.54) is 0 Å². The molecule has 0 radical (unpaired) electrons. The average molecular weight is 542 g/mol. The quantitative estimate of drug-likeness (QED) is 0.368. The van der Waals surface area contributed by atoms with Gasteiger partial charge in [-0.1, -0.05) is 79.9 Å². The lowest BCUT2D eigenvalue weighted by atomic mass is 9.86. The first-order valence-corrected chi connectivity index (χ1v) is 14.0. The SMILES string of the molecule is COc1ccc(C[C@@](C)(NC(=O)c2ccccc2)C(=O)N(C2CCCCC2)[C@@H](Cc2ccccc2)C(N)=O)cc1. The minimum absolute atomic E-state index is 0.147. The summed E-state index contributed by atoms with van der Waals surface area (Å²) >= 11 is 0. The second-order valence-corrected chi connectivity index (χ2v) is 10.8. The summed E-state index contributed by atoms with van der Waals surface area (Å²) in [5, 5.41) is 3.05. The van der Waals surface area contributed by atoms with Gasteiger partial charge in [-0.05, 0) is 55.2 Å². The lowest BCUT2D eigenvalue weighted by molar-refractivity contribution is -0.148. The minimum atomic E-state index is -1.34. The highest BCUT2D eigenvalue weighted by atomic mass is 16.5. The van der Waals surface area contributed by atoms with Crippen LogP contribution >= 0.6 is 0 Å². The van der Waals surface area contributed by atoms with Gasteiger partial charge in [0.05, 0.1) is 7.11 Å². The van der Waals surface area contributed by atoms with Gasteiger partial charge in [0.2, 0.25) is 11.8 Å². The molecule has 0 spiro atoms. The smallest absolute Gasteiger partial charge is 0.252 e. The van der Waals surface area contributed by atoms with Gasteiger partial charge in [0, 0.05) is 24.4 Å². The first-order chi connectivity index (χ1) is 19.3. The zero-order chi connectivity index (χ0) is 28.5. The van der Waals surface area contributed by atoms with Crippen LogP contribution in [0.4, 0.5) is 0 Å². The molecule has 210 valence electrons. The summed E-state index contributed by atoms with van der Waals surface area (Å²) in [5.41, 5.74) is 6.90. The topological polar surface area (TPSA) is 102 Å². The Kier molecular flexibility index (Phi) is 9.59. The van der Waals surface area contributed by atoms with Crippen LogP contribution in [0.2, 0.25) is 0 Å². The molecular formula is C33H39N3O4. The van der Waals surface area contributed by atoms with Gasteiger partial charge >= 0.3 is 0 Å². The number of primary amides is 1. The Hall–Kier alpha value is -4.13. The molecule has 1 fully saturated rings. The predicted octanol–water partition coefficient (Wildman–Crippen LogP) is 4.68. The number of amides is 3. The molecular weight excluding hydrogens is 502 g/mol. The van der Waals surface area contributed by atoms with E-state index in [9.17, 15) is 14.4 Å². The average Bonchev–Trinajstić information content (AvgIpc) is 2.98. The number of nitrogens with zero attached hydrogens (tertiary/aromatic N) is 1. The third kappa shape index (κ3) is 7.08. The van der Waals surface area contributed by atoms with Gasteiger partial charge in [-0.3, -0.25) is 14.4 Å². The van der Waals surface area contributed by atoms with Crippen molar-refractivity contribution in [2.24, 2.45) is 5.73 Å². The molecule has 1 aliphatic carbocycles. The van der Waals surface area contributed by atoms with Crippen LogP contribution in [0.3, 0.4) is 0 Å². The third-order valence-corrected chi connectivity index (χ3v) is 7.75. The molecule has 4 rings (SSSR count). The number of carbonyl (C=O) groups excluding carboxylic acids is 3. The van der Waals surface area contributed by atoms with Crippen molar-refractivity contribution in [2.45, 2.75) is 69.5 Å². The number of ether oxygens (including phenoxy) is 1. The van der Waals surface area contributed by atoms with Crippen LogP contribution in [-0.4, -0.2) is 47.4 Å². The Morgan fingerprint density at radius 2 is 1.50 bits per heavy atom. The van der Waals surface area contributed by atoms with E-state index in [4.69, 9.17) is 10.5 Å². The molecule has 1 aliphatic rings. The van der Waals surface area contributed by atoms with Crippen LogP contribution in [0.25, 0.3) is 0 Å². The van der Waals surface area contributed by atoms with Crippen LogP contribution in [0.5, 0.6) is 5.75 Å². The highest BCUT2D eigenvalue weighted by Gasteiger charge is 2.45. The summed E-state index contributed by atoms with van der Waals surface area (Å²) in [7, 11) is 1.60. The maximum absolute atomic E-state index is 14.8. The van der Waals surface area contributed by atoms with Crippen molar-refractivity contribution in [3.05, 3.63) is 102 Å². The molecule has 0 aromatic heterocycles. The Labute approximate surface area is 236 Å². The predicted molar refractivity (Wildman–Crippen MR) is 156 cm³/mol. The van der Waals surface area contributed by atoms with E-state index in [-0.39, 0.29) is 24.3 Å². The minimum Gasteiger partial charge on any atom is -0.497 e. The number of hydrogen-bond acceptors (Lipinski definition) is 4. The van der Waals surface area contributed by atoms with Crippen molar-refractivity contribution < 1.29 is 19.1 Å². The van der Waals surface area contributed by atoms with Gasteiger partial charge in [0.1, 0.15) is 17.3 Å². The highest BCUT2D eigenvalue weighted by molar-refractivity contribution is 6.00. The summed E-state index contributed by atoms with van der Waals surface area (Å²) < 4.78 is 5.30. The summed E-state index contributed by atoms with van der Waals surface area (Å²) in [6.45, 7) is 1.75. The number of carbonyl (C=O) groups is 3. The van der Waals surface area contributed by atoms with E-state index in [0.717, 1.165) is 43.2 Å². The van der Waals surface area contributed by atoms with Crippen LogP contribution < -0.4 is 15.8 Å². The second kappa shape index (κ2) is 13.3. The molecule has 0 heterocycles. The summed E-state index contributed by atoms with van der Waals surface area (Å²) in [6.07, 6.45) is 5.14. The van der Waals surface area contributed by atoms with Crippen molar-refractivity contribution in [1.29, 1.82) is 0 Å². The summed E-state index contributed by atoms with van der Waals surface area (Å²) in [6, 6.07) is 24.9. The monoisotopic (exact) mass is 541 g/mol. The molecule has 0 saturated heterocycles. The van der Waals surface area contributed by atoms with Crippen LogP contribution in [0, 0.1) is 0 Å². The van der Waals surface area contributed by atoms with Crippen LogP contribution in [-0.2, 0) is 22.4 Å². The van der Waals surface area contributed by atoms with Gasteiger partial charge in [0.15, 0.2) is 0 Å². The number of methoxy groups -OCH3 is 1. The molecule has 3 aromatic rings. The Morgan fingerprint density at radius 1 is 0.900 bits per heavy atom. The van der Waals surface area contributed by atoms with E-state index in [1.807, 2.05) is 60.7 Å². The lowest BCUT2D eigenvalue weighted by Gasteiger charge is -2.44. The van der Waals surface area contributed by atoms with Gasteiger partial charge in [0.25, 0.3) is 5.91 Å². The van der Waals surface area contributed by atoms with E-state index in [1.54, 1.807) is 43.2 Å². The summed E-state index contributed by atoms with van der Waals surface area (Å²) in [5.74, 6) is -0.513. The number of nitrogens with one attached hydrogen (secondary N) is 1. The molecule has 40 heavy (non-hydrogen) atoms. The molecule has 7 heteroatoms. The van der Waals surface area contributed by atoms with Crippen molar-refractivity contribution in [1.82, 2.24) is 10.2 Å². The zero-order valence-corrected chi connectivity index (χ0v) is 23.3. The Bertz CT molecular complexity index is 1270. The highest BCUT2D eigenvalue weighted by Crippen LogP contribution is 2.30. The molecule has 2 atom stereocenters. The largest absolute Gasteiger partial charge is 0.497 e. The number of benzene rings is 3. The van der Waals surface area contributed by atoms with Gasteiger partial charge in [-0.25, -0.2) is 0 Å². The fourth-order valence-corrected chi connectivity index (χ4v) is 5.62. The zero-order valence-electron chi connectivity index (χ0n) is 23.3. The van der Waals surface area contributed by atoms with Crippen LogP contribution in [0.1, 0.15) is 60.5 Å². The van der Waals surface area contributed by atoms with Crippen LogP contribution in [0.15, 0.2) is 84.9 Å². The molecule has 3 amide bonds. The number of rotatable bonds is 11. The van der Waals surface area contributed by atoms with Gasteiger partial charge in [-0.15, -0.1) is 0 Å². The summed E-state index contributed by atoms with van der Waals surface area (Å²) in [4.78, 5) is 42.9. The first kappa shape index (κ1) is 28.9. The molecule has 0 unspecified atom stereocenters. The lowest BCUT2D eigenvalue weighted by Crippen LogP contribution is -2.65. The van der Waals surface area contributed by atoms with Gasteiger partial charge < -0.3 is 20.7 Å². The second-order valence-electron chi connectivity index (χ2n) is 10.8. The first-order valence-electron chi connectivity index (χ1n) is 14.0. The maximum atomic E-state index is 14.8. The fourth-order valence-electron chi connectivity index (χ4n) is 5.62. The number of hydrogen-bond donors (Lipinski definition) is 2. The Balaban J connectivity index is 1.75.